The van der Waals surface area contributed by atoms with E-state index in [-0.39, 0.29) is 13.1 Å². The van der Waals surface area contributed by atoms with E-state index in [1.807, 2.05) is 12.1 Å². The first-order valence-corrected chi connectivity index (χ1v) is 5.66. The fourth-order valence-electron chi connectivity index (χ4n) is 1.55. The van der Waals surface area contributed by atoms with Crippen molar-refractivity contribution in [3.63, 3.8) is 0 Å². The molecule has 0 aromatic heterocycles. The van der Waals surface area contributed by atoms with Gasteiger partial charge in [0.1, 0.15) is 13.1 Å². The fourth-order valence-corrected chi connectivity index (χ4v) is 1.85. The van der Waals surface area contributed by atoms with Crippen molar-refractivity contribution in [2.75, 3.05) is 18.0 Å². The second-order valence-electron chi connectivity index (χ2n) is 3.52. The Morgan fingerprint density at radius 3 is 2.53 bits per heavy atom. The van der Waals surface area contributed by atoms with E-state index < -0.39 is 5.97 Å². The van der Waals surface area contributed by atoms with Gasteiger partial charge < -0.3 is 10.0 Å². The molecular weight excluding hydrogens is 266 g/mol. The number of halogens is 1. The SMILES string of the molecule is N#CCN(CC#N)c1c(Cl)cccc1/C=C/C(=O)O. The monoisotopic (exact) mass is 275 g/mol. The molecule has 0 radical (unpaired) electrons. The number of carbonyl (C=O) groups is 1. The molecular formula is C13H10ClN3O2. The summed E-state index contributed by atoms with van der Waals surface area (Å²) in [6.45, 7) is -0.0175. The van der Waals surface area contributed by atoms with Gasteiger partial charge in [-0.1, -0.05) is 23.7 Å². The molecule has 0 amide bonds. The van der Waals surface area contributed by atoms with Gasteiger partial charge in [0.25, 0.3) is 0 Å². The first-order chi connectivity index (χ1) is 9.10. The smallest absolute Gasteiger partial charge is 0.328 e. The van der Waals surface area contributed by atoms with E-state index in [9.17, 15) is 4.79 Å². The molecule has 0 aliphatic rings. The maximum Gasteiger partial charge on any atom is 0.328 e. The highest BCUT2D eigenvalue weighted by molar-refractivity contribution is 6.33. The zero-order valence-electron chi connectivity index (χ0n) is 9.88. The van der Waals surface area contributed by atoms with Crippen molar-refractivity contribution >= 4 is 29.3 Å². The number of aliphatic carboxylic acids is 1. The number of benzene rings is 1. The van der Waals surface area contributed by atoms with Gasteiger partial charge in [-0.3, -0.25) is 0 Å². The number of anilines is 1. The third-order valence-electron chi connectivity index (χ3n) is 2.26. The standard InChI is InChI=1S/C13H10ClN3O2/c14-11-3-1-2-10(4-5-12(18)19)13(11)17(8-6-15)9-7-16/h1-5H,8-9H2,(H,18,19)/b5-4+. The third kappa shape index (κ3) is 4.02. The van der Waals surface area contributed by atoms with Crippen molar-refractivity contribution in [2.45, 2.75) is 0 Å². The average molecular weight is 276 g/mol. The van der Waals surface area contributed by atoms with Crippen LogP contribution in [0.25, 0.3) is 6.08 Å². The molecule has 0 fully saturated rings. The van der Waals surface area contributed by atoms with Crippen LogP contribution in [-0.4, -0.2) is 24.2 Å². The quantitative estimate of drug-likeness (QED) is 0.658. The van der Waals surface area contributed by atoms with E-state index in [1.165, 1.54) is 11.0 Å². The Morgan fingerprint density at radius 2 is 2.00 bits per heavy atom. The van der Waals surface area contributed by atoms with Gasteiger partial charge in [0.05, 0.1) is 22.8 Å². The van der Waals surface area contributed by atoms with E-state index in [4.69, 9.17) is 27.2 Å². The minimum atomic E-state index is -1.09. The van der Waals surface area contributed by atoms with Crippen LogP contribution in [0.2, 0.25) is 5.02 Å². The zero-order chi connectivity index (χ0) is 14.3. The molecule has 0 heterocycles. The Bertz CT molecular complexity index is 569. The van der Waals surface area contributed by atoms with E-state index in [1.54, 1.807) is 18.2 Å². The predicted molar refractivity (Wildman–Crippen MR) is 71.6 cm³/mol. The number of nitrogens with zero attached hydrogens (tertiary/aromatic N) is 3. The average Bonchev–Trinajstić information content (AvgIpc) is 2.36. The number of para-hydroxylation sites is 1. The highest BCUT2D eigenvalue weighted by Gasteiger charge is 2.13. The molecule has 0 saturated carbocycles. The van der Waals surface area contributed by atoms with Gasteiger partial charge in [-0.2, -0.15) is 10.5 Å². The molecule has 0 atom stereocenters. The van der Waals surface area contributed by atoms with Crippen LogP contribution in [0.5, 0.6) is 0 Å². The van der Waals surface area contributed by atoms with Crippen LogP contribution in [0.3, 0.4) is 0 Å². The van der Waals surface area contributed by atoms with Crippen LogP contribution < -0.4 is 4.90 Å². The van der Waals surface area contributed by atoms with Gasteiger partial charge in [-0.15, -0.1) is 0 Å². The third-order valence-corrected chi connectivity index (χ3v) is 2.57. The van der Waals surface area contributed by atoms with Crippen molar-refractivity contribution in [2.24, 2.45) is 0 Å². The number of hydrogen-bond acceptors (Lipinski definition) is 4. The maximum atomic E-state index is 10.6. The van der Waals surface area contributed by atoms with E-state index in [0.29, 0.717) is 16.3 Å². The molecule has 1 N–H and O–H groups in total. The number of nitriles is 2. The van der Waals surface area contributed by atoms with Crippen LogP contribution in [0, 0.1) is 22.7 Å². The zero-order valence-corrected chi connectivity index (χ0v) is 10.6. The highest BCUT2D eigenvalue weighted by atomic mass is 35.5. The topological polar surface area (TPSA) is 88.1 Å². The van der Waals surface area contributed by atoms with E-state index >= 15 is 0 Å². The van der Waals surface area contributed by atoms with Crippen molar-refractivity contribution in [3.05, 3.63) is 34.9 Å². The summed E-state index contributed by atoms with van der Waals surface area (Å²) in [5, 5.41) is 26.5. The van der Waals surface area contributed by atoms with Crippen LogP contribution >= 0.6 is 11.6 Å². The van der Waals surface area contributed by atoms with E-state index in [2.05, 4.69) is 0 Å². The second-order valence-corrected chi connectivity index (χ2v) is 3.93. The Morgan fingerprint density at radius 1 is 1.37 bits per heavy atom. The van der Waals surface area contributed by atoms with Crippen molar-refractivity contribution in [1.29, 1.82) is 10.5 Å². The molecule has 1 aromatic carbocycles. The van der Waals surface area contributed by atoms with E-state index in [0.717, 1.165) is 6.08 Å². The van der Waals surface area contributed by atoms with Gasteiger partial charge in [0.2, 0.25) is 0 Å². The fraction of sp³-hybridized carbons (Fsp3) is 0.154. The summed E-state index contributed by atoms with van der Waals surface area (Å²) in [5.41, 5.74) is 1.02. The van der Waals surface area contributed by atoms with Crippen molar-refractivity contribution in [3.8, 4) is 12.1 Å². The molecule has 0 unspecified atom stereocenters. The molecule has 5 nitrogen and oxygen atoms in total. The Kier molecular flexibility index (Phi) is 5.40. The van der Waals surface area contributed by atoms with Crippen LogP contribution in [0.1, 0.15) is 5.56 Å². The number of carboxylic acid groups (broad SMARTS) is 1. The van der Waals surface area contributed by atoms with Crippen molar-refractivity contribution in [1.82, 2.24) is 0 Å². The lowest BCUT2D eigenvalue weighted by Crippen LogP contribution is -2.24. The Hall–Kier alpha value is -2.50. The van der Waals surface area contributed by atoms with Gasteiger partial charge in [0, 0.05) is 6.08 Å². The first kappa shape index (κ1) is 14.6. The molecule has 0 bridgehead atoms. The summed E-state index contributed by atoms with van der Waals surface area (Å²) < 4.78 is 0. The Balaban J connectivity index is 3.27. The normalized spacial score (nSPS) is 9.84. The highest BCUT2D eigenvalue weighted by Crippen LogP contribution is 2.30. The lowest BCUT2D eigenvalue weighted by molar-refractivity contribution is -0.131. The molecule has 96 valence electrons. The molecule has 1 rings (SSSR count). The van der Waals surface area contributed by atoms with Crippen LogP contribution in [0.15, 0.2) is 24.3 Å². The molecule has 0 aliphatic carbocycles. The minimum Gasteiger partial charge on any atom is -0.478 e. The predicted octanol–water partition coefficient (Wildman–Crippen LogP) is 2.29. The summed E-state index contributed by atoms with van der Waals surface area (Å²) in [6.07, 6.45) is 2.36. The number of carboxylic acids is 1. The molecule has 0 spiro atoms. The van der Waals surface area contributed by atoms with Crippen LogP contribution in [0.4, 0.5) is 5.69 Å². The minimum absolute atomic E-state index is 0.00873. The molecule has 0 saturated heterocycles. The summed E-state index contributed by atoms with van der Waals surface area (Å²) in [4.78, 5) is 12.0. The van der Waals surface area contributed by atoms with Gasteiger partial charge in [-0.25, -0.2) is 4.79 Å². The first-order valence-electron chi connectivity index (χ1n) is 5.28. The largest absolute Gasteiger partial charge is 0.478 e. The lowest BCUT2D eigenvalue weighted by Gasteiger charge is -2.21. The maximum absolute atomic E-state index is 10.6. The van der Waals surface area contributed by atoms with Crippen LogP contribution in [-0.2, 0) is 4.79 Å². The summed E-state index contributed by atoms with van der Waals surface area (Å²) in [5.74, 6) is -1.09. The summed E-state index contributed by atoms with van der Waals surface area (Å²) in [7, 11) is 0. The van der Waals surface area contributed by atoms with Gasteiger partial charge in [-0.05, 0) is 17.7 Å². The molecule has 0 aliphatic heterocycles. The number of rotatable bonds is 5. The molecule has 1 aromatic rings. The Labute approximate surface area is 115 Å². The van der Waals surface area contributed by atoms with Gasteiger partial charge >= 0.3 is 5.97 Å². The number of hydrogen-bond donors (Lipinski definition) is 1. The summed E-state index contributed by atoms with van der Waals surface area (Å²) >= 11 is 6.07. The van der Waals surface area contributed by atoms with Gasteiger partial charge in [0.15, 0.2) is 0 Å². The summed E-state index contributed by atoms with van der Waals surface area (Å²) in [6, 6.07) is 8.85. The second kappa shape index (κ2) is 7.05. The van der Waals surface area contributed by atoms with Crippen molar-refractivity contribution < 1.29 is 9.90 Å². The molecule has 19 heavy (non-hydrogen) atoms. The molecule has 6 heteroatoms. The lowest BCUT2D eigenvalue weighted by atomic mass is 10.1.